The smallest absolute Gasteiger partial charge is 0.306 e. The van der Waals surface area contributed by atoms with Gasteiger partial charge in [0.2, 0.25) is 0 Å². The van der Waals surface area contributed by atoms with E-state index >= 15 is 0 Å². The van der Waals surface area contributed by atoms with Gasteiger partial charge >= 0.3 is 5.97 Å². The Morgan fingerprint density at radius 3 is 2.57 bits per heavy atom. The van der Waals surface area contributed by atoms with Gasteiger partial charge in [-0.25, -0.2) is 0 Å². The quantitative estimate of drug-likeness (QED) is 0.682. The van der Waals surface area contributed by atoms with Crippen LogP contribution in [-0.2, 0) is 14.9 Å². The molecule has 1 spiro atoms. The molecular formula is C20H27NO2. The Bertz CT molecular complexity index is 623. The van der Waals surface area contributed by atoms with Gasteiger partial charge in [-0.2, -0.15) is 0 Å². The molecule has 1 aliphatic carbocycles. The van der Waals surface area contributed by atoms with E-state index < -0.39 is 0 Å². The first-order chi connectivity index (χ1) is 10.9. The van der Waals surface area contributed by atoms with E-state index in [2.05, 4.69) is 49.9 Å². The van der Waals surface area contributed by atoms with Gasteiger partial charge in [-0.15, -0.1) is 0 Å². The van der Waals surface area contributed by atoms with Gasteiger partial charge in [-0.1, -0.05) is 24.3 Å². The molecule has 0 saturated carbocycles. The highest BCUT2D eigenvalue weighted by atomic mass is 16.5. The summed E-state index contributed by atoms with van der Waals surface area (Å²) in [5.74, 6) is 0.359. The summed E-state index contributed by atoms with van der Waals surface area (Å²) in [5.41, 5.74) is 3.21. The number of carbonyl (C=O) groups is 1. The predicted molar refractivity (Wildman–Crippen MR) is 90.2 cm³/mol. The van der Waals surface area contributed by atoms with Crippen LogP contribution in [0.25, 0.3) is 0 Å². The number of piperidine rings is 1. The maximum absolute atomic E-state index is 11.8. The van der Waals surface area contributed by atoms with Crippen LogP contribution in [0.1, 0.15) is 63.7 Å². The fourth-order valence-corrected chi connectivity index (χ4v) is 5.02. The second-order valence-corrected chi connectivity index (χ2v) is 8.60. The zero-order valence-corrected chi connectivity index (χ0v) is 14.5. The molecule has 2 heterocycles. The first-order valence-electron chi connectivity index (χ1n) is 8.93. The Morgan fingerprint density at radius 2 is 1.87 bits per heavy atom. The molecule has 2 aliphatic heterocycles. The first-order valence-corrected chi connectivity index (χ1v) is 8.93. The molecule has 3 aliphatic rings. The van der Waals surface area contributed by atoms with Crippen LogP contribution < -0.4 is 0 Å². The van der Waals surface area contributed by atoms with Crippen molar-refractivity contribution in [3.05, 3.63) is 35.4 Å². The third kappa shape index (κ3) is 2.40. The Hall–Kier alpha value is -1.35. The van der Waals surface area contributed by atoms with Crippen LogP contribution in [0.5, 0.6) is 0 Å². The standard InChI is InChI=1S/C20H27NO2/c1-19(2,3)21-10-8-20(9-11-21)13-14-12-17(22)23-18(14)15-6-4-5-7-16(15)20/h4-7,14,18H,8-13H2,1-3H3. The van der Waals surface area contributed by atoms with Crippen molar-refractivity contribution in [1.82, 2.24) is 4.90 Å². The average Bonchev–Trinajstić information content (AvgIpc) is 2.87. The number of fused-ring (bicyclic) bond motifs is 4. The summed E-state index contributed by atoms with van der Waals surface area (Å²) < 4.78 is 5.65. The Balaban J connectivity index is 1.68. The van der Waals surface area contributed by atoms with E-state index in [1.165, 1.54) is 24.0 Å². The summed E-state index contributed by atoms with van der Waals surface area (Å²) in [6.45, 7) is 9.20. The molecule has 124 valence electrons. The van der Waals surface area contributed by atoms with E-state index in [0.29, 0.717) is 12.3 Å². The molecule has 1 aromatic rings. The first kappa shape index (κ1) is 15.2. The predicted octanol–water partition coefficient (Wildman–Crippen LogP) is 3.83. The van der Waals surface area contributed by atoms with Gasteiger partial charge in [0.25, 0.3) is 0 Å². The van der Waals surface area contributed by atoms with Crippen molar-refractivity contribution >= 4 is 5.97 Å². The summed E-state index contributed by atoms with van der Waals surface area (Å²) in [7, 11) is 0. The molecule has 2 unspecified atom stereocenters. The second-order valence-electron chi connectivity index (χ2n) is 8.60. The molecule has 2 saturated heterocycles. The molecule has 0 bridgehead atoms. The molecule has 0 aromatic heterocycles. The minimum absolute atomic E-state index is 0.00460. The van der Waals surface area contributed by atoms with Crippen LogP contribution in [0.2, 0.25) is 0 Å². The molecule has 0 amide bonds. The fraction of sp³-hybridized carbons (Fsp3) is 0.650. The Kier molecular flexibility index (Phi) is 3.35. The largest absolute Gasteiger partial charge is 0.457 e. The summed E-state index contributed by atoms with van der Waals surface area (Å²) in [5, 5.41) is 0. The minimum atomic E-state index is -0.0148. The summed E-state index contributed by atoms with van der Waals surface area (Å²) in [6, 6.07) is 8.70. The fourth-order valence-electron chi connectivity index (χ4n) is 5.02. The van der Waals surface area contributed by atoms with E-state index in [0.717, 1.165) is 19.5 Å². The van der Waals surface area contributed by atoms with Crippen molar-refractivity contribution in [2.75, 3.05) is 13.1 Å². The molecule has 2 fully saturated rings. The minimum Gasteiger partial charge on any atom is -0.457 e. The zero-order valence-electron chi connectivity index (χ0n) is 14.5. The van der Waals surface area contributed by atoms with E-state index in [1.54, 1.807) is 0 Å². The van der Waals surface area contributed by atoms with Crippen LogP contribution in [0.3, 0.4) is 0 Å². The molecule has 2 atom stereocenters. The molecule has 3 heteroatoms. The number of rotatable bonds is 0. The van der Waals surface area contributed by atoms with Crippen LogP contribution in [0.15, 0.2) is 24.3 Å². The molecule has 1 aromatic carbocycles. The van der Waals surface area contributed by atoms with Crippen LogP contribution in [0.4, 0.5) is 0 Å². The lowest BCUT2D eigenvalue weighted by molar-refractivity contribution is -0.142. The highest BCUT2D eigenvalue weighted by Gasteiger charge is 2.50. The number of hydrogen-bond donors (Lipinski definition) is 0. The topological polar surface area (TPSA) is 29.5 Å². The van der Waals surface area contributed by atoms with Crippen molar-refractivity contribution < 1.29 is 9.53 Å². The molecule has 0 N–H and O–H groups in total. The van der Waals surface area contributed by atoms with E-state index in [9.17, 15) is 4.79 Å². The average molecular weight is 313 g/mol. The lowest BCUT2D eigenvalue weighted by Gasteiger charge is -2.50. The van der Waals surface area contributed by atoms with Crippen LogP contribution in [0, 0.1) is 5.92 Å². The third-order valence-electron chi connectivity index (χ3n) is 6.28. The monoisotopic (exact) mass is 313 g/mol. The van der Waals surface area contributed by atoms with Crippen LogP contribution >= 0.6 is 0 Å². The van der Waals surface area contributed by atoms with Crippen LogP contribution in [-0.4, -0.2) is 29.5 Å². The van der Waals surface area contributed by atoms with Crippen molar-refractivity contribution in [2.24, 2.45) is 5.92 Å². The van der Waals surface area contributed by atoms with E-state index in [4.69, 9.17) is 4.74 Å². The number of carbonyl (C=O) groups excluding carboxylic acids is 1. The van der Waals surface area contributed by atoms with Gasteiger partial charge in [-0.3, -0.25) is 9.69 Å². The lowest BCUT2D eigenvalue weighted by Crippen LogP contribution is -2.52. The van der Waals surface area contributed by atoms with Crippen molar-refractivity contribution in [3.63, 3.8) is 0 Å². The van der Waals surface area contributed by atoms with Gasteiger partial charge in [0, 0.05) is 11.5 Å². The SMILES string of the molecule is CC(C)(C)N1CCC2(CC1)CC1CC(=O)OC1c1ccccc12. The molecular weight excluding hydrogens is 286 g/mol. The van der Waals surface area contributed by atoms with E-state index in [-0.39, 0.29) is 23.0 Å². The number of hydrogen-bond acceptors (Lipinski definition) is 3. The molecule has 23 heavy (non-hydrogen) atoms. The highest BCUT2D eigenvalue weighted by Crippen LogP contribution is 2.54. The molecule has 3 nitrogen and oxygen atoms in total. The van der Waals surface area contributed by atoms with Gasteiger partial charge in [-0.05, 0) is 69.7 Å². The Morgan fingerprint density at radius 1 is 1.17 bits per heavy atom. The summed E-state index contributed by atoms with van der Waals surface area (Å²) in [4.78, 5) is 14.4. The number of likely N-dealkylation sites (tertiary alicyclic amines) is 1. The number of esters is 1. The van der Waals surface area contributed by atoms with Crippen molar-refractivity contribution in [2.45, 2.75) is 63.5 Å². The third-order valence-corrected chi connectivity index (χ3v) is 6.28. The number of benzene rings is 1. The molecule has 0 radical (unpaired) electrons. The zero-order chi connectivity index (χ0) is 16.2. The van der Waals surface area contributed by atoms with Gasteiger partial charge in [0.1, 0.15) is 6.10 Å². The van der Waals surface area contributed by atoms with Gasteiger partial charge < -0.3 is 4.74 Å². The van der Waals surface area contributed by atoms with E-state index in [1.807, 2.05) is 0 Å². The maximum atomic E-state index is 11.8. The maximum Gasteiger partial charge on any atom is 0.306 e. The highest BCUT2D eigenvalue weighted by molar-refractivity contribution is 5.73. The van der Waals surface area contributed by atoms with Crippen molar-refractivity contribution in [1.29, 1.82) is 0 Å². The summed E-state index contributed by atoms with van der Waals surface area (Å²) in [6.07, 6.45) is 4.10. The van der Waals surface area contributed by atoms with Crippen molar-refractivity contribution in [3.8, 4) is 0 Å². The van der Waals surface area contributed by atoms with Gasteiger partial charge in [0.05, 0.1) is 6.42 Å². The number of ether oxygens (including phenoxy) is 1. The summed E-state index contributed by atoms with van der Waals surface area (Å²) >= 11 is 0. The normalized spacial score (nSPS) is 30.0. The lowest BCUT2D eigenvalue weighted by atomic mass is 9.60. The Labute approximate surface area is 139 Å². The number of nitrogens with zero attached hydrogens (tertiary/aromatic N) is 1. The van der Waals surface area contributed by atoms with Gasteiger partial charge in [0.15, 0.2) is 0 Å². The second kappa shape index (κ2) is 5.07. The molecule has 4 rings (SSSR count).